The Kier molecular flexibility index (Phi) is 20.9. The summed E-state index contributed by atoms with van der Waals surface area (Å²) in [6.45, 7) is 2.44. The minimum absolute atomic E-state index is 0.0541. The first-order chi connectivity index (χ1) is 44.1. The molecule has 11 amide bonds. The SMILES string of the molecule is CC(=O)N[C@H](CCNC(=O)c1cc(NC(=O)c2nc(NC(=O)c3cc(NC(=O)c4nccn4C)cn3C)cn2C)cn1C)C(=O)Nc1cc(C(=O)Nc2cc(C(=O)Nc3cc(C(=O)Nc4cc(C(=O)N/C=C/C(=O)NCCCN(C)C)n(C)c4)n(C)c3)n(C)c2)n(C)c1. The van der Waals surface area contributed by atoms with Gasteiger partial charge in [0.2, 0.25) is 23.5 Å². The average Bonchev–Trinajstić information content (AvgIpc) is 1.84. The summed E-state index contributed by atoms with van der Waals surface area (Å²) in [5.41, 5.74) is 2.65. The highest BCUT2D eigenvalue weighted by Crippen LogP contribution is 2.23. The average molecular weight is 1280 g/mol. The van der Waals surface area contributed by atoms with Gasteiger partial charge in [-0.2, -0.15) is 0 Å². The van der Waals surface area contributed by atoms with Crippen LogP contribution in [0.5, 0.6) is 0 Å². The third-order valence-electron chi connectivity index (χ3n) is 14.3. The van der Waals surface area contributed by atoms with Gasteiger partial charge in [0.15, 0.2) is 11.6 Å². The van der Waals surface area contributed by atoms with Crippen molar-refractivity contribution in [1.82, 2.24) is 72.7 Å². The lowest BCUT2D eigenvalue weighted by Crippen LogP contribution is -2.45. The molecule has 8 aromatic heterocycles. The van der Waals surface area contributed by atoms with Crippen LogP contribution < -0.4 is 58.5 Å². The van der Waals surface area contributed by atoms with E-state index in [0.717, 1.165) is 13.0 Å². The number of nitrogens with zero attached hydrogens (tertiary/aromatic N) is 11. The standard InChI is InChI=1S/C60H72N22O11/c1-34(83)65-41(13-16-63-53(86)43-22-39(31-77(43)6)71-60(93)51-72-48(33-82(51)11)73-58(91)47-26-40(32-81(47)10)70-59(92)50-62-18-20-75(50)4)52(85)66-35-23-44(78(7)27-35)55(88)68-37-25-46(80(9)29-37)57(90)69-38-24-45(79(8)30-38)56(89)67-36-21-42(76(5)28-36)54(87)64-17-14-49(84)61-15-12-19-74(2)3/h14,17-18,20-33,41H,12-13,15-16,19H2,1-11H3,(H,61,84)(H,63,86)(H,64,87)(H,65,83)(H,66,85)(H,67,89)(H,68,88)(H,69,90)(H,70,92)(H,71,93)(H,73,91)/b17-14+/t41-/m1/s1. The van der Waals surface area contributed by atoms with Crippen LogP contribution in [0.3, 0.4) is 0 Å². The van der Waals surface area contributed by atoms with Crippen molar-refractivity contribution >= 4 is 105 Å². The Hall–Kier alpha value is -12.0. The number of hydrogen-bond donors (Lipinski definition) is 11. The van der Waals surface area contributed by atoms with Crippen molar-refractivity contribution in [3.8, 4) is 0 Å². The molecule has 0 aliphatic rings. The molecule has 0 bridgehead atoms. The van der Waals surface area contributed by atoms with Crippen molar-refractivity contribution in [2.75, 3.05) is 70.9 Å². The zero-order valence-corrected chi connectivity index (χ0v) is 52.8. The Balaban J connectivity index is 0.791. The molecule has 0 aromatic carbocycles. The predicted octanol–water partition coefficient (Wildman–Crippen LogP) is 2.27. The monoisotopic (exact) mass is 1280 g/mol. The molecule has 8 rings (SSSR count). The van der Waals surface area contributed by atoms with E-state index >= 15 is 0 Å². The molecule has 33 nitrogen and oxygen atoms in total. The number of rotatable bonds is 26. The van der Waals surface area contributed by atoms with Crippen molar-refractivity contribution in [3.63, 3.8) is 0 Å². The lowest BCUT2D eigenvalue weighted by molar-refractivity contribution is -0.125. The van der Waals surface area contributed by atoms with E-state index in [-0.39, 0.29) is 93.3 Å². The molecular formula is C60H72N22O11. The van der Waals surface area contributed by atoms with E-state index in [9.17, 15) is 52.7 Å². The fourth-order valence-corrected chi connectivity index (χ4v) is 9.71. The maximum atomic E-state index is 13.6. The summed E-state index contributed by atoms with van der Waals surface area (Å²) in [4.78, 5) is 155. The minimum atomic E-state index is -1.13. The van der Waals surface area contributed by atoms with Crippen molar-refractivity contribution in [2.24, 2.45) is 56.4 Å². The Bertz CT molecular complexity index is 4250. The largest absolute Gasteiger partial charge is 0.352 e. The molecule has 0 unspecified atom stereocenters. The minimum Gasteiger partial charge on any atom is -0.352 e. The van der Waals surface area contributed by atoms with Crippen LogP contribution in [0.4, 0.5) is 39.9 Å². The lowest BCUT2D eigenvalue weighted by atomic mass is 10.1. The molecule has 0 saturated heterocycles. The van der Waals surface area contributed by atoms with Gasteiger partial charge in [-0.3, -0.25) is 52.7 Å². The number of hydrogen-bond acceptors (Lipinski definition) is 14. The van der Waals surface area contributed by atoms with Crippen LogP contribution >= 0.6 is 0 Å². The van der Waals surface area contributed by atoms with Crippen molar-refractivity contribution in [3.05, 3.63) is 150 Å². The highest BCUT2D eigenvalue weighted by atomic mass is 16.2. The van der Waals surface area contributed by atoms with Crippen LogP contribution in [-0.2, 0) is 70.8 Å². The van der Waals surface area contributed by atoms with Gasteiger partial charge in [-0.15, -0.1) is 0 Å². The molecule has 0 aliphatic carbocycles. The fraction of sp³-hybridized carbons (Fsp3) is 0.283. The van der Waals surface area contributed by atoms with Gasteiger partial charge < -0.3 is 99.9 Å². The van der Waals surface area contributed by atoms with Gasteiger partial charge in [0, 0.05) is 144 Å². The van der Waals surface area contributed by atoms with Crippen LogP contribution in [0.15, 0.2) is 104 Å². The first-order valence-electron chi connectivity index (χ1n) is 28.7. The molecule has 0 fully saturated rings. The zero-order valence-electron chi connectivity index (χ0n) is 52.8. The van der Waals surface area contributed by atoms with E-state index in [0.29, 0.717) is 17.9 Å². The maximum Gasteiger partial charge on any atom is 0.291 e. The zero-order chi connectivity index (χ0) is 67.5. The molecule has 0 aliphatic heterocycles. The Morgan fingerprint density at radius 2 is 0.871 bits per heavy atom. The van der Waals surface area contributed by atoms with Gasteiger partial charge in [-0.05, 0) is 69.9 Å². The number of aryl methyl sites for hydroxylation is 8. The first kappa shape index (κ1) is 66.9. The molecule has 11 N–H and O–H groups in total. The third-order valence-corrected chi connectivity index (χ3v) is 14.3. The number of aromatic nitrogens is 10. The van der Waals surface area contributed by atoms with Gasteiger partial charge in [0.25, 0.3) is 47.3 Å². The van der Waals surface area contributed by atoms with E-state index in [4.69, 9.17) is 0 Å². The summed E-state index contributed by atoms with van der Waals surface area (Å²) in [5, 5.41) is 29.7. The predicted molar refractivity (Wildman–Crippen MR) is 343 cm³/mol. The van der Waals surface area contributed by atoms with Crippen LogP contribution in [0, 0.1) is 0 Å². The smallest absolute Gasteiger partial charge is 0.291 e. The summed E-state index contributed by atoms with van der Waals surface area (Å²) in [5.74, 6) is -5.80. The van der Waals surface area contributed by atoms with Gasteiger partial charge in [0.05, 0.1) is 34.1 Å². The Labute approximate surface area is 531 Å². The number of anilines is 7. The van der Waals surface area contributed by atoms with E-state index in [2.05, 4.69) is 68.5 Å². The van der Waals surface area contributed by atoms with Gasteiger partial charge in [-0.25, -0.2) is 9.97 Å². The molecule has 8 aromatic rings. The Morgan fingerprint density at radius 3 is 1.30 bits per heavy atom. The second-order valence-electron chi connectivity index (χ2n) is 22.0. The number of nitrogens with one attached hydrogen (secondary N) is 11. The topological polar surface area (TPSA) is 389 Å². The molecular weight excluding hydrogens is 1200 g/mol. The van der Waals surface area contributed by atoms with Gasteiger partial charge in [0.1, 0.15) is 40.2 Å². The molecule has 1 atom stereocenters. The normalized spacial score (nSPS) is 11.4. The van der Waals surface area contributed by atoms with E-state index in [1.165, 1.54) is 125 Å². The highest BCUT2D eigenvalue weighted by Gasteiger charge is 2.26. The van der Waals surface area contributed by atoms with Crippen molar-refractivity contribution < 1.29 is 52.7 Å². The summed E-state index contributed by atoms with van der Waals surface area (Å²) in [6.07, 6.45) is 16.9. The second kappa shape index (κ2) is 29.1. The molecule has 0 radical (unpaired) electrons. The molecule has 0 saturated carbocycles. The number of carbonyl (C=O) groups is 11. The Morgan fingerprint density at radius 1 is 0.462 bits per heavy atom. The second-order valence-corrected chi connectivity index (χ2v) is 22.0. The molecule has 0 spiro atoms. The van der Waals surface area contributed by atoms with E-state index < -0.39 is 65.1 Å². The fourth-order valence-electron chi connectivity index (χ4n) is 9.71. The quantitative estimate of drug-likeness (QED) is 0.0274. The summed E-state index contributed by atoms with van der Waals surface area (Å²) in [6, 6.07) is 7.58. The van der Waals surface area contributed by atoms with Gasteiger partial charge >= 0.3 is 0 Å². The summed E-state index contributed by atoms with van der Waals surface area (Å²) >= 11 is 0. The first-order valence-corrected chi connectivity index (χ1v) is 28.7. The lowest BCUT2D eigenvalue weighted by Gasteiger charge is -2.17. The highest BCUT2D eigenvalue weighted by molar-refractivity contribution is 6.10. The van der Waals surface area contributed by atoms with Gasteiger partial charge in [-0.1, -0.05) is 0 Å². The maximum absolute atomic E-state index is 13.6. The number of carbonyl (C=O) groups excluding carboxylic acids is 11. The number of amides is 11. The molecule has 33 heteroatoms. The van der Waals surface area contributed by atoms with Crippen LogP contribution in [-0.4, -0.2) is 156 Å². The molecule has 488 valence electrons. The third kappa shape index (κ3) is 17.0. The van der Waals surface area contributed by atoms with Crippen molar-refractivity contribution in [1.29, 1.82) is 0 Å². The summed E-state index contributed by atoms with van der Waals surface area (Å²) < 4.78 is 11.9. The van der Waals surface area contributed by atoms with Crippen LogP contribution in [0.2, 0.25) is 0 Å². The van der Waals surface area contributed by atoms with Crippen molar-refractivity contribution in [2.45, 2.75) is 25.8 Å². The van der Waals surface area contributed by atoms with Crippen LogP contribution in [0.25, 0.3) is 0 Å². The number of imidazole rings is 2. The van der Waals surface area contributed by atoms with Crippen LogP contribution in [0.1, 0.15) is 104 Å². The van der Waals surface area contributed by atoms with E-state index in [1.54, 1.807) is 79.5 Å². The van der Waals surface area contributed by atoms with E-state index in [1.807, 2.05) is 19.0 Å². The molecule has 8 heterocycles. The summed E-state index contributed by atoms with van der Waals surface area (Å²) in [7, 11) is 16.7. The molecule has 93 heavy (non-hydrogen) atoms.